The molecule has 2 N–H and O–H groups in total. The zero-order valence-corrected chi connectivity index (χ0v) is 21.2. The Bertz CT molecular complexity index is 1410. The molecule has 4 rings (SSSR count). The summed E-state index contributed by atoms with van der Waals surface area (Å²) in [6, 6.07) is 14.7. The minimum atomic E-state index is -0.472. The van der Waals surface area contributed by atoms with E-state index in [1.807, 2.05) is 43.3 Å². The predicted octanol–water partition coefficient (Wildman–Crippen LogP) is 5.34. The fourth-order valence-electron chi connectivity index (χ4n) is 3.98. The smallest absolute Gasteiger partial charge is 0.340 e. The van der Waals surface area contributed by atoms with Gasteiger partial charge in [-0.05, 0) is 55.8 Å². The molecule has 0 aliphatic carbocycles. The normalized spacial score (nSPS) is 10.9. The molecule has 0 aliphatic heterocycles. The average Bonchev–Trinajstić information content (AvgIpc) is 3.18. The first kappa shape index (κ1) is 24.2. The van der Waals surface area contributed by atoms with Crippen LogP contribution in [0.4, 0.5) is 11.4 Å². The maximum atomic E-state index is 13.4. The number of aryl methyl sites for hydroxylation is 1. The summed E-state index contributed by atoms with van der Waals surface area (Å²) in [5, 5.41) is 0.582. The molecule has 4 aromatic rings. The van der Waals surface area contributed by atoms with Crippen molar-refractivity contribution >= 4 is 44.7 Å². The van der Waals surface area contributed by atoms with E-state index >= 15 is 0 Å². The Kier molecular flexibility index (Phi) is 6.75. The van der Waals surface area contributed by atoms with E-state index in [9.17, 15) is 9.59 Å². The molecule has 2 aromatic carbocycles. The molecule has 0 atom stereocenters. The highest BCUT2D eigenvalue weighted by Crippen LogP contribution is 2.43. The third kappa shape index (κ3) is 4.44. The first-order chi connectivity index (χ1) is 16.8. The van der Waals surface area contributed by atoms with E-state index < -0.39 is 5.97 Å². The van der Waals surface area contributed by atoms with E-state index in [1.54, 1.807) is 45.2 Å². The summed E-state index contributed by atoms with van der Waals surface area (Å²) in [7, 11) is 5.49. The third-order valence-corrected chi connectivity index (χ3v) is 6.87. The van der Waals surface area contributed by atoms with Crippen LogP contribution in [-0.4, -0.2) is 44.5 Å². The zero-order valence-electron chi connectivity index (χ0n) is 20.3. The lowest BCUT2D eigenvalue weighted by atomic mass is 9.94. The first-order valence-corrected chi connectivity index (χ1v) is 11.9. The van der Waals surface area contributed by atoms with Gasteiger partial charge in [-0.1, -0.05) is 12.1 Å². The number of aromatic nitrogens is 1. The Morgan fingerprint density at radius 2 is 1.71 bits per heavy atom. The minimum absolute atomic E-state index is 0.211. The number of benzene rings is 2. The summed E-state index contributed by atoms with van der Waals surface area (Å²) < 4.78 is 10.6. The molecule has 8 heteroatoms. The van der Waals surface area contributed by atoms with Crippen LogP contribution < -0.4 is 15.4 Å². The van der Waals surface area contributed by atoms with E-state index in [-0.39, 0.29) is 12.4 Å². The number of methoxy groups -OCH3 is 1. The Balaban J connectivity index is 1.96. The number of ketones is 1. The number of hydrogen-bond acceptors (Lipinski definition) is 8. The number of rotatable bonds is 7. The Hall–Kier alpha value is -3.91. The topological polar surface area (TPSA) is 94.7 Å². The van der Waals surface area contributed by atoms with Crippen molar-refractivity contribution in [3.63, 3.8) is 0 Å². The highest BCUT2D eigenvalue weighted by Gasteiger charge is 2.27. The number of pyridine rings is 1. The third-order valence-electron chi connectivity index (χ3n) is 5.77. The van der Waals surface area contributed by atoms with Gasteiger partial charge in [0.25, 0.3) is 0 Å². The molecule has 0 saturated heterocycles. The molecule has 0 radical (unpaired) electrons. The summed E-state index contributed by atoms with van der Waals surface area (Å²) in [6.45, 7) is 3.76. The standard InChI is InChI=1S/C27H27N3O4S/c1-6-34-27(32)20-15(2)29-26-22(21(20)16-7-11-18(12-8-16)30(3)4)23(28)25(35-26)24(31)17-9-13-19(33-5)14-10-17/h7-14H,6,28H2,1-5H3. The van der Waals surface area contributed by atoms with Crippen molar-refractivity contribution in [3.8, 4) is 16.9 Å². The molecule has 0 bridgehead atoms. The number of nitrogens with zero attached hydrogens (tertiary/aromatic N) is 2. The number of fused-ring (bicyclic) bond motifs is 1. The molecule has 0 aliphatic rings. The van der Waals surface area contributed by atoms with Crippen LogP contribution in [0.2, 0.25) is 0 Å². The van der Waals surface area contributed by atoms with Crippen LogP contribution in [0.15, 0.2) is 48.5 Å². The van der Waals surface area contributed by atoms with Crippen LogP contribution in [0.1, 0.15) is 38.2 Å². The van der Waals surface area contributed by atoms with Crippen LogP contribution in [0.25, 0.3) is 21.3 Å². The Labute approximate surface area is 208 Å². The van der Waals surface area contributed by atoms with Gasteiger partial charge in [0.15, 0.2) is 0 Å². The second-order valence-corrected chi connectivity index (χ2v) is 9.19. The van der Waals surface area contributed by atoms with Crippen molar-refractivity contribution in [2.45, 2.75) is 13.8 Å². The number of thiophene rings is 1. The van der Waals surface area contributed by atoms with E-state index in [0.29, 0.717) is 48.9 Å². The largest absolute Gasteiger partial charge is 0.497 e. The number of esters is 1. The molecule has 0 spiro atoms. The lowest BCUT2D eigenvalue weighted by Crippen LogP contribution is -2.11. The van der Waals surface area contributed by atoms with E-state index in [2.05, 4.69) is 4.98 Å². The number of hydrogen-bond donors (Lipinski definition) is 1. The van der Waals surface area contributed by atoms with Gasteiger partial charge in [0.2, 0.25) is 5.78 Å². The molecule has 0 fully saturated rings. The minimum Gasteiger partial charge on any atom is -0.497 e. The fraction of sp³-hybridized carbons (Fsp3) is 0.222. The zero-order chi connectivity index (χ0) is 25.3. The molecule has 0 saturated carbocycles. The predicted molar refractivity (Wildman–Crippen MR) is 141 cm³/mol. The van der Waals surface area contributed by atoms with Crippen LogP contribution in [0.5, 0.6) is 5.75 Å². The number of ether oxygens (including phenoxy) is 2. The SMILES string of the molecule is CCOC(=O)c1c(C)nc2sc(C(=O)c3ccc(OC)cc3)c(N)c2c1-c1ccc(N(C)C)cc1. The maximum Gasteiger partial charge on any atom is 0.340 e. The van der Waals surface area contributed by atoms with Gasteiger partial charge in [0, 0.05) is 36.3 Å². The lowest BCUT2D eigenvalue weighted by Gasteiger charge is -2.16. The first-order valence-electron chi connectivity index (χ1n) is 11.1. The summed E-state index contributed by atoms with van der Waals surface area (Å²) in [5.41, 5.74) is 10.7. The second-order valence-electron chi connectivity index (χ2n) is 8.19. The summed E-state index contributed by atoms with van der Waals surface area (Å²) in [6.07, 6.45) is 0. The number of carbonyl (C=O) groups is 2. The van der Waals surface area contributed by atoms with E-state index in [4.69, 9.17) is 15.2 Å². The molecule has 35 heavy (non-hydrogen) atoms. The van der Waals surface area contributed by atoms with Crippen molar-refractivity contribution in [2.24, 2.45) is 0 Å². The van der Waals surface area contributed by atoms with Crippen LogP contribution in [-0.2, 0) is 4.74 Å². The summed E-state index contributed by atoms with van der Waals surface area (Å²) in [5.74, 6) is -0.0252. The van der Waals surface area contributed by atoms with Gasteiger partial charge in [-0.2, -0.15) is 0 Å². The molecule has 2 aromatic heterocycles. The molecule has 180 valence electrons. The van der Waals surface area contributed by atoms with Gasteiger partial charge < -0.3 is 20.1 Å². The van der Waals surface area contributed by atoms with Gasteiger partial charge in [0.05, 0.1) is 30.7 Å². The quantitative estimate of drug-likeness (QED) is 0.277. The van der Waals surface area contributed by atoms with Gasteiger partial charge in [-0.15, -0.1) is 11.3 Å². The van der Waals surface area contributed by atoms with Gasteiger partial charge >= 0.3 is 5.97 Å². The molecule has 2 heterocycles. The van der Waals surface area contributed by atoms with Crippen LogP contribution >= 0.6 is 11.3 Å². The maximum absolute atomic E-state index is 13.4. The molecular formula is C27H27N3O4S. The fourth-order valence-corrected chi connectivity index (χ4v) is 5.09. The monoisotopic (exact) mass is 489 g/mol. The van der Waals surface area contributed by atoms with Gasteiger partial charge in [0.1, 0.15) is 15.5 Å². The molecule has 0 unspecified atom stereocenters. The van der Waals surface area contributed by atoms with E-state index in [1.165, 1.54) is 11.3 Å². The van der Waals surface area contributed by atoms with Gasteiger partial charge in [-0.25, -0.2) is 9.78 Å². The molecule has 0 amide bonds. The van der Waals surface area contributed by atoms with Crippen molar-refractivity contribution in [1.82, 2.24) is 4.98 Å². The summed E-state index contributed by atoms with van der Waals surface area (Å²) in [4.78, 5) is 34.0. The van der Waals surface area contributed by atoms with Crippen LogP contribution in [0.3, 0.4) is 0 Å². The Morgan fingerprint density at radius 3 is 2.29 bits per heavy atom. The van der Waals surface area contributed by atoms with Crippen LogP contribution in [0, 0.1) is 6.92 Å². The average molecular weight is 490 g/mol. The number of nitrogen functional groups attached to an aromatic ring is 1. The van der Waals surface area contributed by atoms with Crippen molar-refractivity contribution in [2.75, 3.05) is 38.4 Å². The lowest BCUT2D eigenvalue weighted by molar-refractivity contribution is 0.0526. The number of nitrogens with two attached hydrogens (primary N) is 1. The number of carbonyl (C=O) groups excluding carboxylic acids is 2. The summed E-state index contributed by atoms with van der Waals surface area (Å²) >= 11 is 1.22. The van der Waals surface area contributed by atoms with Crippen molar-refractivity contribution in [1.29, 1.82) is 0 Å². The van der Waals surface area contributed by atoms with Crippen molar-refractivity contribution < 1.29 is 19.1 Å². The second kappa shape index (κ2) is 9.76. The Morgan fingerprint density at radius 1 is 1.06 bits per heavy atom. The van der Waals surface area contributed by atoms with E-state index in [0.717, 1.165) is 11.3 Å². The molecular weight excluding hydrogens is 462 g/mol. The number of anilines is 2. The highest BCUT2D eigenvalue weighted by atomic mass is 32.1. The highest BCUT2D eigenvalue weighted by molar-refractivity contribution is 7.21. The van der Waals surface area contributed by atoms with Crippen molar-refractivity contribution in [3.05, 3.63) is 70.2 Å². The molecule has 7 nitrogen and oxygen atoms in total. The van der Waals surface area contributed by atoms with Gasteiger partial charge in [-0.3, -0.25) is 4.79 Å².